The van der Waals surface area contributed by atoms with Gasteiger partial charge in [0.25, 0.3) is 0 Å². The lowest BCUT2D eigenvalue weighted by atomic mass is 10.3. The van der Waals surface area contributed by atoms with Crippen molar-refractivity contribution in [1.82, 2.24) is 5.32 Å². The molecule has 112 valence electrons. The predicted octanol–water partition coefficient (Wildman–Crippen LogP) is 0.986. The van der Waals surface area contributed by atoms with Gasteiger partial charge >= 0.3 is 0 Å². The Kier molecular flexibility index (Phi) is 5.38. The first-order valence-electron chi connectivity index (χ1n) is 6.15. The largest absolute Gasteiger partial charge is 0.497 e. The summed E-state index contributed by atoms with van der Waals surface area (Å²) in [6, 6.07) is 6.45. The smallest absolute Gasteiger partial charge is 0.240 e. The summed E-state index contributed by atoms with van der Waals surface area (Å²) in [6.45, 7) is 3.38. The van der Waals surface area contributed by atoms with E-state index < -0.39 is 10.0 Å². The highest BCUT2D eigenvalue weighted by atomic mass is 32.2. The number of ether oxygens (including phenoxy) is 1. The van der Waals surface area contributed by atoms with Gasteiger partial charge in [-0.1, -0.05) is 0 Å². The van der Waals surface area contributed by atoms with Gasteiger partial charge in [0.1, 0.15) is 12.3 Å². The molecule has 1 aromatic rings. The topological polar surface area (TPSA) is 75.7 Å². The van der Waals surface area contributed by atoms with Crippen molar-refractivity contribution in [2.75, 3.05) is 24.2 Å². The van der Waals surface area contributed by atoms with Crippen LogP contribution < -0.4 is 14.4 Å². The van der Waals surface area contributed by atoms with E-state index in [1.807, 2.05) is 13.8 Å². The SMILES string of the molecule is COc1ccc(N(CC(=O)NC(C)C)S(C)(=O)=O)cc1. The van der Waals surface area contributed by atoms with Crippen LogP contribution in [-0.4, -0.2) is 40.3 Å². The zero-order valence-corrected chi connectivity index (χ0v) is 12.9. The van der Waals surface area contributed by atoms with Crippen molar-refractivity contribution in [3.05, 3.63) is 24.3 Å². The molecule has 0 saturated heterocycles. The summed E-state index contributed by atoms with van der Waals surface area (Å²) < 4.78 is 29.7. The zero-order chi connectivity index (χ0) is 15.3. The molecule has 0 bridgehead atoms. The van der Waals surface area contributed by atoms with E-state index in [1.165, 1.54) is 7.11 Å². The summed E-state index contributed by atoms with van der Waals surface area (Å²) in [5.41, 5.74) is 0.423. The van der Waals surface area contributed by atoms with Crippen LogP contribution >= 0.6 is 0 Å². The molecule has 1 amide bonds. The molecule has 0 aromatic heterocycles. The van der Waals surface area contributed by atoms with Crippen LogP contribution in [0.4, 0.5) is 5.69 Å². The van der Waals surface area contributed by atoms with Crippen molar-refractivity contribution < 1.29 is 17.9 Å². The second kappa shape index (κ2) is 6.60. The highest BCUT2D eigenvalue weighted by molar-refractivity contribution is 7.92. The summed E-state index contributed by atoms with van der Waals surface area (Å²) in [6.07, 6.45) is 1.07. The fourth-order valence-electron chi connectivity index (χ4n) is 1.65. The highest BCUT2D eigenvalue weighted by Crippen LogP contribution is 2.21. The first-order valence-corrected chi connectivity index (χ1v) is 8.00. The number of nitrogens with one attached hydrogen (secondary N) is 1. The van der Waals surface area contributed by atoms with Crippen LogP contribution in [0.5, 0.6) is 5.75 Å². The Hall–Kier alpha value is -1.76. The van der Waals surface area contributed by atoms with Crippen LogP contribution in [0.1, 0.15) is 13.8 Å². The molecule has 0 aliphatic heterocycles. The average Bonchev–Trinajstić information content (AvgIpc) is 2.34. The average molecular weight is 300 g/mol. The van der Waals surface area contributed by atoms with E-state index >= 15 is 0 Å². The van der Waals surface area contributed by atoms with Crippen LogP contribution in [0.2, 0.25) is 0 Å². The Bertz CT molecular complexity index is 552. The first kappa shape index (κ1) is 16.3. The number of rotatable bonds is 6. The third-order valence-corrected chi connectivity index (χ3v) is 3.64. The third kappa shape index (κ3) is 4.73. The number of carbonyl (C=O) groups is 1. The monoisotopic (exact) mass is 300 g/mol. The summed E-state index contributed by atoms with van der Waals surface area (Å²) in [7, 11) is -2.01. The van der Waals surface area contributed by atoms with Gasteiger partial charge in [0.15, 0.2) is 0 Å². The summed E-state index contributed by atoms with van der Waals surface area (Å²) in [4.78, 5) is 11.8. The van der Waals surface area contributed by atoms with E-state index in [1.54, 1.807) is 24.3 Å². The van der Waals surface area contributed by atoms with Gasteiger partial charge in [-0.05, 0) is 38.1 Å². The summed E-state index contributed by atoms with van der Waals surface area (Å²) in [5, 5.41) is 2.67. The van der Waals surface area contributed by atoms with Crippen molar-refractivity contribution in [3.8, 4) is 5.75 Å². The van der Waals surface area contributed by atoms with Gasteiger partial charge in [-0.3, -0.25) is 9.10 Å². The lowest BCUT2D eigenvalue weighted by Gasteiger charge is -2.22. The van der Waals surface area contributed by atoms with E-state index in [0.717, 1.165) is 10.6 Å². The Morgan fingerprint density at radius 2 is 1.85 bits per heavy atom. The number of amides is 1. The molecule has 0 saturated carbocycles. The number of hydrogen-bond acceptors (Lipinski definition) is 4. The van der Waals surface area contributed by atoms with E-state index in [-0.39, 0.29) is 18.5 Å². The van der Waals surface area contributed by atoms with Crippen LogP contribution in [0, 0.1) is 0 Å². The molecule has 6 nitrogen and oxygen atoms in total. The standard InChI is InChI=1S/C13H20N2O4S/c1-10(2)14-13(16)9-15(20(4,17)18)11-5-7-12(19-3)8-6-11/h5-8,10H,9H2,1-4H3,(H,14,16). The molecule has 0 fully saturated rings. The fourth-order valence-corrected chi connectivity index (χ4v) is 2.50. The summed E-state index contributed by atoms with van der Waals surface area (Å²) in [5.74, 6) is 0.273. The molecule has 0 aliphatic rings. The molecule has 0 radical (unpaired) electrons. The van der Waals surface area contributed by atoms with Crippen LogP contribution in [-0.2, 0) is 14.8 Å². The van der Waals surface area contributed by atoms with Crippen LogP contribution in [0.15, 0.2) is 24.3 Å². The van der Waals surface area contributed by atoms with Gasteiger partial charge < -0.3 is 10.1 Å². The van der Waals surface area contributed by atoms with Gasteiger partial charge in [-0.25, -0.2) is 8.42 Å². The van der Waals surface area contributed by atoms with Gasteiger partial charge in [-0.2, -0.15) is 0 Å². The molecule has 1 rings (SSSR count). The maximum atomic E-state index is 11.8. The van der Waals surface area contributed by atoms with Crippen molar-refractivity contribution in [2.24, 2.45) is 0 Å². The number of sulfonamides is 1. The molecule has 0 spiro atoms. The van der Waals surface area contributed by atoms with Crippen molar-refractivity contribution >= 4 is 21.6 Å². The third-order valence-electron chi connectivity index (χ3n) is 2.50. The van der Waals surface area contributed by atoms with Gasteiger partial charge in [-0.15, -0.1) is 0 Å². The molecule has 0 aliphatic carbocycles. The lowest BCUT2D eigenvalue weighted by Crippen LogP contribution is -2.42. The highest BCUT2D eigenvalue weighted by Gasteiger charge is 2.21. The maximum absolute atomic E-state index is 11.8. The minimum atomic E-state index is -3.54. The number of anilines is 1. The lowest BCUT2D eigenvalue weighted by molar-refractivity contribution is -0.120. The van der Waals surface area contributed by atoms with Crippen LogP contribution in [0.25, 0.3) is 0 Å². The number of carbonyl (C=O) groups excluding carboxylic acids is 1. The van der Waals surface area contributed by atoms with Gasteiger partial charge in [0.2, 0.25) is 15.9 Å². The second-order valence-electron chi connectivity index (χ2n) is 4.69. The van der Waals surface area contributed by atoms with E-state index in [2.05, 4.69) is 5.32 Å². The molecule has 0 unspecified atom stereocenters. The van der Waals surface area contributed by atoms with E-state index in [4.69, 9.17) is 4.74 Å². The Morgan fingerprint density at radius 3 is 2.25 bits per heavy atom. The number of nitrogens with zero attached hydrogens (tertiary/aromatic N) is 1. The van der Waals surface area contributed by atoms with Crippen molar-refractivity contribution in [3.63, 3.8) is 0 Å². The van der Waals surface area contributed by atoms with Gasteiger partial charge in [0, 0.05) is 6.04 Å². The first-order chi connectivity index (χ1) is 9.24. The molecule has 0 atom stereocenters. The van der Waals surface area contributed by atoms with E-state index in [9.17, 15) is 13.2 Å². The minimum Gasteiger partial charge on any atom is -0.497 e. The van der Waals surface area contributed by atoms with E-state index in [0.29, 0.717) is 11.4 Å². The van der Waals surface area contributed by atoms with Crippen LogP contribution in [0.3, 0.4) is 0 Å². The molecule has 1 aromatic carbocycles. The second-order valence-corrected chi connectivity index (χ2v) is 6.60. The maximum Gasteiger partial charge on any atom is 0.240 e. The van der Waals surface area contributed by atoms with Gasteiger partial charge in [0.05, 0.1) is 19.1 Å². The number of benzene rings is 1. The predicted molar refractivity (Wildman–Crippen MR) is 78.5 cm³/mol. The zero-order valence-electron chi connectivity index (χ0n) is 12.1. The van der Waals surface area contributed by atoms with Crippen molar-refractivity contribution in [2.45, 2.75) is 19.9 Å². The normalized spacial score (nSPS) is 11.2. The number of hydrogen-bond donors (Lipinski definition) is 1. The summed E-state index contributed by atoms with van der Waals surface area (Å²) >= 11 is 0. The molecular weight excluding hydrogens is 280 g/mol. The quantitative estimate of drug-likeness (QED) is 0.850. The Balaban J connectivity index is 2.98. The Morgan fingerprint density at radius 1 is 1.30 bits per heavy atom. The number of methoxy groups -OCH3 is 1. The molecular formula is C13H20N2O4S. The minimum absolute atomic E-state index is 0.0419. The molecule has 1 N–H and O–H groups in total. The molecule has 0 heterocycles. The Labute approximate surface area is 119 Å². The van der Waals surface area contributed by atoms with Crippen molar-refractivity contribution in [1.29, 1.82) is 0 Å². The molecule has 20 heavy (non-hydrogen) atoms. The fraction of sp³-hybridized carbons (Fsp3) is 0.462. The molecule has 7 heteroatoms.